The quantitative estimate of drug-likeness (QED) is 0.929. The minimum Gasteiger partial charge on any atom is -0.484 e. The van der Waals surface area contributed by atoms with Crippen molar-refractivity contribution >= 4 is 31.9 Å². The second kappa shape index (κ2) is 3.83. The lowest BCUT2D eigenvalue weighted by Gasteiger charge is -2.18. The van der Waals surface area contributed by atoms with Gasteiger partial charge in [-0.25, -0.2) is 0 Å². The zero-order chi connectivity index (χ0) is 10.2. The highest BCUT2D eigenvalue weighted by Gasteiger charge is 2.44. The third kappa shape index (κ3) is 1.97. The van der Waals surface area contributed by atoms with Crippen LogP contribution in [0.15, 0.2) is 27.1 Å². The zero-order valence-corrected chi connectivity index (χ0v) is 10.8. The van der Waals surface area contributed by atoms with Gasteiger partial charge in [0.15, 0.2) is 0 Å². The normalized spacial score (nSPS) is 17.9. The van der Waals surface area contributed by atoms with Crippen molar-refractivity contribution in [1.82, 2.24) is 0 Å². The van der Waals surface area contributed by atoms with E-state index in [4.69, 9.17) is 10.5 Å². The van der Waals surface area contributed by atoms with E-state index in [0.717, 1.165) is 27.5 Å². The van der Waals surface area contributed by atoms with Gasteiger partial charge in [-0.2, -0.15) is 0 Å². The van der Waals surface area contributed by atoms with Crippen LogP contribution in [0.1, 0.15) is 12.8 Å². The number of benzene rings is 1. The van der Waals surface area contributed by atoms with E-state index in [1.54, 1.807) is 0 Å². The molecule has 0 atom stereocenters. The van der Waals surface area contributed by atoms with E-state index in [2.05, 4.69) is 31.9 Å². The molecule has 1 aromatic carbocycles. The summed E-state index contributed by atoms with van der Waals surface area (Å²) in [5, 5.41) is 0. The molecule has 1 saturated carbocycles. The molecule has 2 rings (SSSR count). The Labute approximate surface area is 100 Å². The Hall–Kier alpha value is -0.0600. The van der Waals surface area contributed by atoms with Crippen LogP contribution in [0.4, 0.5) is 0 Å². The van der Waals surface area contributed by atoms with Crippen molar-refractivity contribution in [3.8, 4) is 5.75 Å². The molecule has 0 bridgehead atoms. The highest BCUT2D eigenvalue weighted by Crippen LogP contribution is 2.43. The SMILES string of the molecule is NCC1(Oc2c(Br)cccc2Br)CC1. The van der Waals surface area contributed by atoms with Gasteiger partial charge in [0.25, 0.3) is 0 Å². The molecule has 2 N–H and O–H groups in total. The maximum atomic E-state index is 5.90. The summed E-state index contributed by atoms with van der Waals surface area (Å²) in [4.78, 5) is 0. The monoisotopic (exact) mass is 319 g/mol. The predicted octanol–water partition coefficient (Wildman–Crippen LogP) is 3.08. The van der Waals surface area contributed by atoms with Crippen molar-refractivity contribution in [1.29, 1.82) is 0 Å². The molecule has 0 amide bonds. The van der Waals surface area contributed by atoms with Gasteiger partial charge < -0.3 is 10.5 Å². The molecule has 1 aromatic rings. The summed E-state index contributed by atoms with van der Waals surface area (Å²) in [7, 11) is 0. The standard InChI is InChI=1S/C10H11Br2NO/c11-7-2-1-3-8(12)9(7)14-10(6-13)4-5-10/h1-3H,4-6,13H2. The molecule has 1 aliphatic rings. The van der Waals surface area contributed by atoms with Crippen LogP contribution in [0.2, 0.25) is 0 Å². The van der Waals surface area contributed by atoms with Crippen LogP contribution in [0.5, 0.6) is 5.75 Å². The van der Waals surface area contributed by atoms with E-state index in [1.807, 2.05) is 18.2 Å². The molecule has 0 radical (unpaired) electrons. The molecule has 76 valence electrons. The maximum Gasteiger partial charge on any atom is 0.148 e. The topological polar surface area (TPSA) is 35.2 Å². The molecule has 0 heterocycles. The second-order valence-corrected chi connectivity index (χ2v) is 5.25. The van der Waals surface area contributed by atoms with E-state index >= 15 is 0 Å². The summed E-state index contributed by atoms with van der Waals surface area (Å²) in [5.74, 6) is 0.857. The van der Waals surface area contributed by atoms with Crippen LogP contribution in [0.25, 0.3) is 0 Å². The number of para-hydroxylation sites is 1. The van der Waals surface area contributed by atoms with Gasteiger partial charge in [0, 0.05) is 6.54 Å². The van der Waals surface area contributed by atoms with Crippen LogP contribution >= 0.6 is 31.9 Å². The maximum absolute atomic E-state index is 5.90. The largest absolute Gasteiger partial charge is 0.484 e. The number of hydrogen-bond donors (Lipinski definition) is 1. The molecule has 1 aliphatic carbocycles. The molecule has 0 spiro atoms. The Morgan fingerprint density at radius 1 is 1.29 bits per heavy atom. The Morgan fingerprint density at radius 2 is 1.86 bits per heavy atom. The molecule has 14 heavy (non-hydrogen) atoms. The van der Waals surface area contributed by atoms with E-state index in [1.165, 1.54) is 0 Å². The van der Waals surface area contributed by atoms with Crippen molar-refractivity contribution < 1.29 is 4.74 Å². The Bertz CT molecular complexity index is 330. The molecule has 0 saturated heterocycles. The Balaban J connectivity index is 2.24. The summed E-state index contributed by atoms with van der Waals surface area (Å²) < 4.78 is 7.83. The van der Waals surface area contributed by atoms with Crippen molar-refractivity contribution in [2.45, 2.75) is 18.4 Å². The number of hydrogen-bond acceptors (Lipinski definition) is 2. The molecule has 0 aromatic heterocycles. The lowest BCUT2D eigenvalue weighted by atomic mass is 10.3. The highest BCUT2D eigenvalue weighted by atomic mass is 79.9. The van der Waals surface area contributed by atoms with Gasteiger partial charge in [0.05, 0.1) is 8.95 Å². The first-order chi connectivity index (χ1) is 6.67. The summed E-state index contributed by atoms with van der Waals surface area (Å²) in [6.07, 6.45) is 2.11. The van der Waals surface area contributed by atoms with Crippen LogP contribution in [-0.2, 0) is 0 Å². The van der Waals surface area contributed by atoms with Crippen molar-refractivity contribution in [3.63, 3.8) is 0 Å². The summed E-state index contributed by atoms with van der Waals surface area (Å²) in [5.41, 5.74) is 5.56. The summed E-state index contributed by atoms with van der Waals surface area (Å²) >= 11 is 6.92. The van der Waals surface area contributed by atoms with Crippen molar-refractivity contribution in [3.05, 3.63) is 27.1 Å². The third-order valence-corrected chi connectivity index (χ3v) is 3.67. The van der Waals surface area contributed by atoms with Crippen LogP contribution < -0.4 is 10.5 Å². The average Bonchev–Trinajstić information content (AvgIpc) is 2.93. The third-order valence-electron chi connectivity index (χ3n) is 2.42. The Kier molecular flexibility index (Phi) is 2.86. The van der Waals surface area contributed by atoms with Crippen LogP contribution in [-0.4, -0.2) is 12.1 Å². The van der Waals surface area contributed by atoms with Gasteiger partial charge in [-0.05, 0) is 56.8 Å². The average molecular weight is 321 g/mol. The fourth-order valence-corrected chi connectivity index (χ4v) is 2.44. The lowest BCUT2D eigenvalue weighted by Crippen LogP contribution is -2.28. The van der Waals surface area contributed by atoms with Gasteiger partial charge in [0.1, 0.15) is 11.4 Å². The van der Waals surface area contributed by atoms with Gasteiger partial charge in [-0.3, -0.25) is 0 Å². The minimum atomic E-state index is -0.105. The lowest BCUT2D eigenvalue weighted by molar-refractivity contribution is 0.185. The van der Waals surface area contributed by atoms with Gasteiger partial charge in [-0.1, -0.05) is 6.07 Å². The number of rotatable bonds is 3. The van der Waals surface area contributed by atoms with E-state index < -0.39 is 0 Å². The van der Waals surface area contributed by atoms with Crippen molar-refractivity contribution in [2.24, 2.45) is 5.73 Å². The zero-order valence-electron chi connectivity index (χ0n) is 7.59. The first-order valence-electron chi connectivity index (χ1n) is 4.50. The molecular weight excluding hydrogens is 310 g/mol. The number of nitrogens with two attached hydrogens (primary N) is 1. The molecule has 0 aliphatic heterocycles. The molecule has 0 unspecified atom stereocenters. The smallest absolute Gasteiger partial charge is 0.148 e. The van der Waals surface area contributed by atoms with E-state index in [-0.39, 0.29) is 5.60 Å². The second-order valence-electron chi connectivity index (χ2n) is 3.54. The van der Waals surface area contributed by atoms with Crippen LogP contribution in [0, 0.1) is 0 Å². The molecular formula is C10H11Br2NO. The molecule has 2 nitrogen and oxygen atoms in total. The molecule has 1 fully saturated rings. The number of halogens is 2. The van der Waals surface area contributed by atoms with E-state index in [9.17, 15) is 0 Å². The van der Waals surface area contributed by atoms with E-state index in [0.29, 0.717) is 6.54 Å². The fourth-order valence-electron chi connectivity index (χ4n) is 1.28. The minimum absolute atomic E-state index is 0.105. The van der Waals surface area contributed by atoms with Crippen molar-refractivity contribution in [2.75, 3.05) is 6.54 Å². The fraction of sp³-hybridized carbons (Fsp3) is 0.400. The predicted molar refractivity (Wildman–Crippen MR) is 63.5 cm³/mol. The summed E-state index contributed by atoms with van der Waals surface area (Å²) in [6, 6.07) is 5.89. The number of ether oxygens (including phenoxy) is 1. The van der Waals surface area contributed by atoms with Crippen LogP contribution in [0.3, 0.4) is 0 Å². The van der Waals surface area contributed by atoms with Gasteiger partial charge >= 0.3 is 0 Å². The Morgan fingerprint density at radius 3 is 2.29 bits per heavy atom. The summed E-state index contributed by atoms with van der Waals surface area (Å²) in [6.45, 7) is 0.584. The first kappa shape index (κ1) is 10.5. The highest BCUT2D eigenvalue weighted by molar-refractivity contribution is 9.11. The van der Waals surface area contributed by atoms with Gasteiger partial charge in [0.2, 0.25) is 0 Å². The van der Waals surface area contributed by atoms with Gasteiger partial charge in [-0.15, -0.1) is 0 Å². The first-order valence-corrected chi connectivity index (χ1v) is 6.09. The molecule has 4 heteroatoms.